The summed E-state index contributed by atoms with van der Waals surface area (Å²) >= 11 is 0. The van der Waals surface area contributed by atoms with Gasteiger partial charge in [0.2, 0.25) is 0 Å². The van der Waals surface area contributed by atoms with Gasteiger partial charge in [0.15, 0.2) is 5.78 Å². The molecule has 0 aliphatic carbocycles. The molecule has 0 bridgehead atoms. The number of methoxy groups -OCH3 is 1. The fourth-order valence-corrected chi connectivity index (χ4v) is 2.31. The van der Waals surface area contributed by atoms with E-state index in [1.165, 1.54) is 18.2 Å². The van der Waals surface area contributed by atoms with Crippen LogP contribution in [0.3, 0.4) is 0 Å². The van der Waals surface area contributed by atoms with Crippen molar-refractivity contribution >= 4 is 18.2 Å². The first-order valence-corrected chi connectivity index (χ1v) is 7.40. The van der Waals surface area contributed by atoms with Gasteiger partial charge in [-0.2, -0.15) is 0 Å². The molecule has 0 saturated carbocycles. The van der Waals surface area contributed by atoms with Crippen molar-refractivity contribution in [3.8, 4) is 17.2 Å². The van der Waals surface area contributed by atoms with E-state index in [1.807, 2.05) is 31.2 Å². The van der Waals surface area contributed by atoms with Crippen LogP contribution >= 0.6 is 12.4 Å². The van der Waals surface area contributed by atoms with E-state index in [1.54, 1.807) is 7.11 Å². The number of aromatic hydroxyl groups is 2. The van der Waals surface area contributed by atoms with Crippen LogP contribution in [0.25, 0.3) is 0 Å². The van der Waals surface area contributed by atoms with E-state index in [4.69, 9.17) is 4.74 Å². The number of phenolic OH excluding ortho intramolecular Hbond substituents is 2. The molecule has 3 N–H and O–H groups in total. The van der Waals surface area contributed by atoms with Gasteiger partial charge in [0.1, 0.15) is 17.2 Å². The van der Waals surface area contributed by atoms with Gasteiger partial charge in [0.05, 0.1) is 13.7 Å². The lowest BCUT2D eigenvalue weighted by atomic mass is 10.1. The van der Waals surface area contributed by atoms with Crippen LogP contribution in [0.5, 0.6) is 17.2 Å². The number of benzene rings is 2. The Balaban J connectivity index is 0.00000288. The second kappa shape index (κ2) is 9.15. The molecule has 130 valence electrons. The molecule has 0 fully saturated rings. The quantitative estimate of drug-likeness (QED) is 0.668. The van der Waals surface area contributed by atoms with Crippen LogP contribution < -0.4 is 10.1 Å². The van der Waals surface area contributed by atoms with Crippen molar-refractivity contribution in [3.63, 3.8) is 0 Å². The summed E-state index contributed by atoms with van der Waals surface area (Å²) in [5, 5.41) is 22.0. The molecule has 1 unspecified atom stereocenters. The summed E-state index contributed by atoms with van der Waals surface area (Å²) < 4.78 is 5.12. The second-order valence-corrected chi connectivity index (χ2v) is 5.50. The van der Waals surface area contributed by atoms with Gasteiger partial charge >= 0.3 is 0 Å². The van der Waals surface area contributed by atoms with Crippen LogP contribution in [-0.2, 0) is 6.42 Å². The highest BCUT2D eigenvalue weighted by atomic mass is 35.5. The number of ether oxygens (including phenoxy) is 1. The fraction of sp³-hybridized carbons (Fsp3) is 0.278. The Bertz CT molecular complexity index is 653. The van der Waals surface area contributed by atoms with Gasteiger partial charge in [-0.05, 0) is 43.2 Å². The number of Topliss-reactive ketones (excluding diaryl/α,β-unsaturated/α-hetero) is 1. The van der Waals surface area contributed by atoms with Gasteiger partial charge in [0.25, 0.3) is 0 Å². The predicted octanol–water partition coefficient (Wildman–Crippen LogP) is 2.93. The number of ketones is 1. The van der Waals surface area contributed by atoms with E-state index in [0.29, 0.717) is 0 Å². The van der Waals surface area contributed by atoms with Crippen molar-refractivity contribution in [3.05, 3.63) is 53.6 Å². The second-order valence-electron chi connectivity index (χ2n) is 5.50. The van der Waals surface area contributed by atoms with Gasteiger partial charge in [-0.15, -0.1) is 12.4 Å². The summed E-state index contributed by atoms with van der Waals surface area (Å²) in [7, 11) is 1.63. The van der Waals surface area contributed by atoms with Gasteiger partial charge < -0.3 is 20.3 Å². The lowest BCUT2D eigenvalue weighted by molar-refractivity contribution is 0.0987. The number of phenols is 2. The van der Waals surface area contributed by atoms with E-state index in [-0.39, 0.29) is 47.8 Å². The predicted molar refractivity (Wildman–Crippen MR) is 95.5 cm³/mol. The largest absolute Gasteiger partial charge is 0.508 e. The molecule has 0 amide bonds. The molecule has 0 heterocycles. The Kier molecular flexibility index (Phi) is 7.55. The maximum atomic E-state index is 12.1. The van der Waals surface area contributed by atoms with Crippen LogP contribution in [0, 0.1) is 0 Å². The summed E-state index contributed by atoms with van der Waals surface area (Å²) in [4.78, 5) is 12.1. The monoisotopic (exact) mass is 351 g/mol. The topological polar surface area (TPSA) is 78.8 Å². The van der Waals surface area contributed by atoms with Crippen LogP contribution in [0.4, 0.5) is 0 Å². The maximum absolute atomic E-state index is 12.1. The van der Waals surface area contributed by atoms with Crippen LogP contribution in [0.15, 0.2) is 42.5 Å². The lowest BCUT2D eigenvalue weighted by Crippen LogP contribution is -2.33. The molecule has 0 radical (unpaired) electrons. The number of hydrogen-bond acceptors (Lipinski definition) is 5. The lowest BCUT2D eigenvalue weighted by Gasteiger charge is -2.14. The Morgan fingerprint density at radius 3 is 2.25 bits per heavy atom. The van der Waals surface area contributed by atoms with Crippen molar-refractivity contribution in [1.29, 1.82) is 0 Å². The average molecular weight is 352 g/mol. The summed E-state index contributed by atoms with van der Waals surface area (Å²) in [6, 6.07) is 11.8. The molecule has 0 saturated heterocycles. The van der Waals surface area contributed by atoms with Gasteiger partial charge in [-0.1, -0.05) is 12.1 Å². The van der Waals surface area contributed by atoms with Crippen molar-refractivity contribution in [2.75, 3.05) is 13.7 Å². The van der Waals surface area contributed by atoms with Crippen LogP contribution in [0.1, 0.15) is 22.8 Å². The zero-order valence-corrected chi connectivity index (χ0v) is 14.5. The first-order chi connectivity index (χ1) is 11.0. The highest BCUT2D eigenvalue weighted by Crippen LogP contribution is 2.20. The van der Waals surface area contributed by atoms with Crippen molar-refractivity contribution < 1.29 is 19.7 Å². The highest BCUT2D eigenvalue weighted by Gasteiger charge is 2.11. The third-order valence-electron chi connectivity index (χ3n) is 3.54. The Labute approximate surface area is 147 Å². The standard InChI is InChI=1S/C18H21NO4.ClH/c1-12(7-13-3-5-17(23-2)6-4-13)19-11-18(22)14-8-15(20)10-16(21)9-14;/h3-6,8-10,12,19-21H,7,11H2,1-2H3;1H. The summed E-state index contributed by atoms with van der Waals surface area (Å²) in [6.45, 7) is 2.14. The van der Waals surface area contributed by atoms with Gasteiger partial charge in [-0.25, -0.2) is 0 Å². The smallest absolute Gasteiger partial charge is 0.176 e. The minimum atomic E-state index is -0.183. The molecule has 6 heteroatoms. The molecule has 0 aromatic heterocycles. The van der Waals surface area contributed by atoms with E-state index >= 15 is 0 Å². The Morgan fingerprint density at radius 1 is 1.12 bits per heavy atom. The fourth-order valence-electron chi connectivity index (χ4n) is 2.31. The number of carbonyl (C=O) groups excluding carboxylic acids is 1. The highest BCUT2D eigenvalue weighted by molar-refractivity contribution is 5.98. The molecule has 0 spiro atoms. The summed E-state index contributed by atoms with van der Waals surface area (Å²) in [6.07, 6.45) is 0.780. The summed E-state index contributed by atoms with van der Waals surface area (Å²) in [5.74, 6) is 0.380. The van der Waals surface area contributed by atoms with Crippen LogP contribution in [-0.4, -0.2) is 35.7 Å². The minimum absolute atomic E-state index is 0. The first kappa shape index (κ1) is 19.8. The first-order valence-electron chi connectivity index (χ1n) is 7.40. The molecule has 5 nitrogen and oxygen atoms in total. The van der Waals surface area contributed by atoms with Crippen LogP contribution in [0.2, 0.25) is 0 Å². The average Bonchev–Trinajstić information content (AvgIpc) is 2.52. The SMILES string of the molecule is COc1ccc(CC(C)NCC(=O)c2cc(O)cc(O)c2)cc1.Cl. The Morgan fingerprint density at radius 2 is 1.71 bits per heavy atom. The number of rotatable bonds is 7. The molecule has 24 heavy (non-hydrogen) atoms. The van der Waals surface area contributed by atoms with Crippen molar-refractivity contribution in [2.24, 2.45) is 0 Å². The van der Waals surface area contributed by atoms with Crippen molar-refractivity contribution in [1.82, 2.24) is 5.32 Å². The number of halogens is 1. The summed E-state index contributed by atoms with van der Waals surface area (Å²) in [5.41, 5.74) is 1.43. The number of hydrogen-bond donors (Lipinski definition) is 3. The Hall–Kier alpha value is -2.24. The minimum Gasteiger partial charge on any atom is -0.508 e. The van der Waals surface area contributed by atoms with Gasteiger partial charge in [0, 0.05) is 17.7 Å². The van der Waals surface area contributed by atoms with E-state index in [9.17, 15) is 15.0 Å². The normalized spacial score (nSPS) is 11.4. The third-order valence-corrected chi connectivity index (χ3v) is 3.54. The molecule has 0 aliphatic heterocycles. The molecule has 1 atom stereocenters. The maximum Gasteiger partial charge on any atom is 0.176 e. The number of nitrogens with one attached hydrogen (secondary N) is 1. The van der Waals surface area contributed by atoms with Crippen molar-refractivity contribution in [2.45, 2.75) is 19.4 Å². The number of carbonyl (C=O) groups is 1. The van der Waals surface area contributed by atoms with E-state index in [0.717, 1.165) is 17.7 Å². The zero-order chi connectivity index (χ0) is 16.8. The molecule has 2 rings (SSSR count). The zero-order valence-electron chi connectivity index (χ0n) is 13.7. The molecular formula is C18H22ClNO4. The van der Waals surface area contributed by atoms with E-state index in [2.05, 4.69) is 5.32 Å². The molecule has 2 aromatic carbocycles. The third kappa shape index (κ3) is 5.76. The van der Waals surface area contributed by atoms with E-state index < -0.39 is 0 Å². The molecule has 0 aliphatic rings. The molecular weight excluding hydrogens is 330 g/mol. The molecule has 2 aromatic rings. The van der Waals surface area contributed by atoms with Gasteiger partial charge in [-0.3, -0.25) is 4.79 Å².